The number of hydrazine groups is 1. The minimum Gasteiger partial charge on any atom is -0.399 e. The molecule has 0 aliphatic rings. The maximum absolute atomic E-state index is 5.52. The lowest BCUT2D eigenvalue weighted by Gasteiger charge is -1.99. The first-order valence-electron chi connectivity index (χ1n) is 3.38. The van der Waals surface area contributed by atoms with Crippen molar-refractivity contribution in [3.8, 4) is 0 Å². The van der Waals surface area contributed by atoms with Gasteiger partial charge in [-0.15, -0.1) is 5.10 Å². The minimum absolute atomic E-state index is 0.331. The third kappa shape index (κ3) is 1.86. The highest BCUT2D eigenvalue weighted by molar-refractivity contribution is 5.97. The maximum Gasteiger partial charge on any atom is 0.152 e. The first-order chi connectivity index (χ1) is 5.74. The molecule has 0 bridgehead atoms. The van der Waals surface area contributed by atoms with E-state index in [-0.39, 0.29) is 0 Å². The number of anilines is 1. The van der Waals surface area contributed by atoms with Crippen LogP contribution in [0.5, 0.6) is 0 Å². The normalized spacial score (nSPS) is 11.2. The Morgan fingerprint density at radius 3 is 2.33 bits per heavy atom. The summed E-state index contributed by atoms with van der Waals surface area (Å²) in [5.74, 6) is 5.29. The summed E-state index contributed by atoms with van der Waals surface area (Å²) >= 11 is 0. The molecule has 5 heteroatoms. The SMILES string of the molecule is NN/N=C(\N)c1ccc(N)cc1. The first kappa shape index (κ1) is 8.35. The highest BCUT2D eigenvalue weighted by Gasteiger charge is 1.95. The summed E-state index contributed by atoms with van der Waals surface area (Å²) in [6.45, 7) is 0. The van der Waals surface area contributed by atoms with Gasteiger partial charge in [-0.3, -0.25) is 0 Å². The Balaban J connectivity index is 2.89. The van der Waals surface area contributed by atoms with E-state index >= 15 is 0 Å². The predicted octanol–water partition coefficient (Wildman–Crippen LogP) is -0.648. The third-order valence-corrected chi connectivity index (χ3v) is 1.39. The second-order valence-electron chi connectivity index (χ2n) is 2.25. The number of hydrazone groups is 1. The molecule has 0 aromatic heterocycles. The van der Waals surface area contributed by atoms with Crippen molar-refractivity contribution in [2.45, 2.75) is 0 Å². The highest BCUT2D eigenvalue weighted by atomic mass is 15.5. The number of nitrogens with one attached hydrogen (secondary N) is 1. The molecule has 0 aliphatic carbocycles. The Hall–Kier alpha value is -1.75. The predicted molar refractivity (Wildman–Crippen MR) is 48.9 cm³/mol. The van der Waals surface area contributed by atoms with E-state index in [0.29, 0.717) is 11.5 Å². The van der Waals surface area contributed by atoms with Gasteiger partial charge in [0.25, 0.3) is 0 Å². The maximum atomic E-state index is 5.52. The Labute approximate surface area is 70.2 Å². The van der Waals surface area contributed by atoms with Crippen molar-refractivity contribution in [3.63, 3.8) is 0 Å². The molecule has 0 fully saturated rings. The average Bonchev–Trinajstić information content (AvgIpc) is 2.06. The van der Waals surface area contributed by atoms with E-state index in [4.69, 9.17) is 17.3 Å². The minimum atomic E-state index is 0.331. The van der Waals surface area contributed by atoms with Crippen LogP contribution in [-0.2, 0) is 0 Å². The van der Waals surface area contributed by atoms with E-state index in [9.17, 15) is 0 Å². The van der Waals surface area contributed by atoms with E-state index < -0.39 is 0 Å². The van der Waals surface area contributed by atoms with Gasteiger partial charge in [-0.2, -0.15) is 0 Å². The average molecular weight is 165 g/mol. The van der Waals surface area contributed by atoms with Crippen LogP contribution in [0, 0.1) is 0 Å². The van der Waals surface area contributed by atoms with Crippen molar-refractivity contribution >= 4 is 11.5 Å². The van der Waals surface area contributed by atoms with Crippen molar-refractivity contribution in [2.24, 2.45) is 16.7 Å². The molecule has 12 heavy (non-hydrogen) atoms. The number of nitrogens with two attached hydrogens (primary N) is 3. The molecular formula is C7H11N5. The Morgan fingerprint density at radius 1 is 1.25 bits per heavy atom. The van der Waals surface area contributed by atoms with Gasteiger partial charge in [-0.05, 0) is 24.3 Å². The van der Waals surface area contributed by atoms with Crippen molar-refractivity contribution in [1.29, 1.82) is 0 Å². The Kier molecular flexibility index (Phi) is 2.49. The molecule has 0 saturated heterocycles. The molecule has 1 aromatic carbocycles. The van der Waals surface area contributed by atoms with Crippen molar-refractivity contribution in [3.05, 3.63) is 29.8 Å². The number of hydrogen-bond donors (Lipinski definition) is 4. The zero-order valence-corrected chi connectivity index (χ0v) is 6.49. The molecule has 7 N–H and O–H groups in total. The monoisotopic (exact) mass is 165 g/mol. The summed E-state index contributed by atoms with van der Waals surface area (Å²) < 4.78 is 0. The molecule has 0 atom stereocenters. The fraction of sp³-hybridized carbons (Fsp3) is 0. The fourth-order valence-electron chi connectivity index (χ4n) is 0.788. The number of amidine groups is 1. The van der Waals surface area contributed by atoms with Crippen LogP contribution < -0.4 is 22.8 Å². The van der Waals surface area contributed by atoms with Crippen molar-refractivity contribution in [1.82, 2.24) is 5.53 Å². The van der Waals surface area contributed by atoms with Crippen molar-refractivity contribution in [2.75, 3.05) is 5.73 Å². The van der Waals surface area contributed by atoms with Crippen molar-refractivity contribution < 1.29 is 0 Å². The summed E-state index contributed by atoms with van der Waals surface area (Å²) in [4.78, 5) is 0. The molecule has 0 aliphatic heterocycles. The second-order valence-corrected chi connectivity index (χ2v) is 2.25. The van der Waals surface area contributed by atoms with Crippen LogP contribution in [0.2, 0.25) is 0 Å². The number of hydrogen-bond acceptors (Lipinski definition) is 4. The number of nitrogens with zero attached hydrogens (tertiary/aromatic N) is 1. The van der Waals surface area contributed by atoms with Crippen LogP contribution in [-0.4, -0.2) is 5.84 Å². The molecule has 0 spiro atoms. The Morgan fingerprint density at radius 2 is 1.83 bits per heavy atom. The quantitative estimate of drug-likeness (QED) is 0.154. The zero-order chi connectivity index (χ0) is 8.97. The van der Waals surface area contributed by atoms with E-state index in [0.717, 1.165) is 5.56 Å². The molecule has 64 valence electrons. The molecule has 1 aromatic rings. The first-order valence-corrected chi connectivity index (χ1v) is 3.38. The van der Waals surface area contributed by atoms with Gasteiger partial charge in [0.05, 0.1) is 0 Å². The van der Waals surface area contributed by atoms with Gasteiger partial charge >= 0.3 is 0 Å². The fourth-order valence-corrected chi connectivity index (χ4v) is 0.788. The topological polar surface area (TPSA) is 102 Å². The molecule has 0 unspecified atom stereocenters. The van der Waals surface area contributed by atoms with Gasteiger partial charge < -0.3 is 11.5 Å². The lowest BCUT2D eigenvalue weighted by molar-refractivity contribution is 0.804. The molecular weight excluding hydrogens is 154 g/mol. The Bertz CT molecular complexity index is 276. The lowest BCUT2D eigenvalue weighted by atomic mass is 10.2. The van der Waals surface area contributed by atoms with E-state index in [1.165, 1.54) is 0 Å². The highest BCUT2D eigenvalue weighted by Crippen LogP contribution is 2.04. The second kappa shape index (κ2) is 3.59. The van der Waals surface area contributed by atoms with E-state index in [1.54, 1.807) is 24.3 Å². The summed E-state index contributed by atoms with van der Waals surface area (Å²) in [5, 5.41) is 3.61. The standard InChI is InChI=1S/C7H11N5/c8-6-3-1-5(2-4-6)7(9)11-12-10/h1-4,12H,8,10H2,(H2,9,11). The molecule has 5 nitrogen and oxygen atoms in total. The third-order valence-electron chi connectivity index (χ3n) is 1.39. The van der Waals surface area contributed by atoms with Gasteiger partial charge in [-0.25, -0.2) is 11.4 Å². The van der Waals surface area contributed by atoms with Crippen LogP contribution in [0.1, 0.15) is 5.56 Å². The number of nitrogen functional groups attached to an aromatic ring is 1. The van der Waals surface area contributed by atoms with Crippen LogP contribution in [0.3, 0.4) is 0 Å². The van der Waals surface area contributed by atoms with E-state index in [1.807, 2.05) is 0 Å². The van der Waals surface area contributed by atoms with Gasteiger partial charge in [0, 0.05) is 11.3 Å². The van der Waals surface area contributed by atoms with E-state index in [2.05, 4.69) is 10.6 Å². The smallest absolute Gasteiger partial charge is 0.152 e. The zero-order valence-electron chi connectivity index (χ0n) is 6.49. The van der Waals surface area contributed by atoms with Gasteiger partial charge in [0.1, 0.15) is 0 Å². The number of benzene rings is 1. The molecule has 0 amide bonds. The van der Waals surface area contributed by atoms with Crippen LogP contribution in [0.25, 0.3) is 0 Å². The van der Waals surface area contributed by atoms with Gasteiger partial charge in [0.2, 0.25) is 0 Å². The molecule has 0 radical (unpaired) electrons. The van der Waals surface area contributed by atoms with Crippen LogP contribution in [0.4, 0.5) is 5.69 Å². The molecule has 1 rings (SSSR count). The summed E-state index contributed by atoms with van der Waals surface area (Å²) in [5.41, 5.74) is 14.6. The molecule has 0 saturated carbocycles. The number of rotatable bonds is 2. The summed E-state index contributed by atoms with van der Waals surface area (Å²) in [6, 6.07) is 7.03. The van der Waals surface area contributed by atoms with Gasteiger partial charge in [0.15, 0.2) is 5.84 Å². The molecule has 0 heterocycles. The van der Waals surface area contributed by atoms with Gasteiger partial charge in [-0.1, -0.05) is 0 Å². The van der Waals surface area contributed by atoms with Crippen LogP contribution >= 0.6 is 0 Å². The lowest BCUT2D eigenvalue weighted by Crippen LogP contribution is -2.22. The summed E-state index contributed by atoms with van der Waals surface area (Å²) in [7, 11) is 0. The summed E-state index contributed by atoms with van der Waals surface area (Å²) in [6.07, 6.45) is 0. The largest absolute Gasteiger partial charge is 0.399 e. The van der Waals surface area contributed by atoms with Crippen LogP contribution in [0.15, 0.2) is 29.4 Å².